The first-order valence-electron chi connectivity index (χ1n) is 5.97. The minimum Gasteiger partial charge on any atom is -0.399 e. The van der Waals surface area contributed by atoms with Gasteiger partial charge in [0.15, 0.2) is 0 Å². The average Bonchev–Trinajstić information content (AvgIpc) is 2.81. The molecule has 1 aromatic carbocycles. The number of nitrogens with two attached hydrogens (primary N) is 1. The van der Waals surface area contributed by atoms with Gasteiger partial charge in [0.1, 0.15) is 10.0 Å². The number of pyridine rings is 1. The molecular weight excluding hydrogens is 312 g/mol. The van der Waals surface area contributed by atoms with Gasteiger partial charge in [0.2, 0.25) is 0 Å². The molecule has 0 saturated carbocycles. The van der Waals surface area contributed by atoms with E-state index < -0.39 is 10.0 Å². The van der Waals surface area contributed by atoms with Gasteiger partial charge in [0.25, 0.3) is 10.0 Å². The number of nitrogen functional groups attached to an aromatic ring is 1. The fourth-order valence-corrected chi connectivity index (χ4v) is 3.42. The summed E-state index contributed by atoms with van der Waals surface area (Å²) >= 11 is 5.75. The molecule has 6 nitrogen and oxygen atoms in total. The van der Waals surface area contributed by atoms with Gasteiger partial charge in [-0.1, -0.05) is 11.6 Å². The molecule has 0 amide bonds. The molecule has 3 rings (SSSR count). The van der Waals surface area contributed by atoms with E-state index in [-0.39, 0.29) is 10.0 Å². The Morgan fingerprint density at radius 1 is 1.24 bits per heavy atom. The molecule has 0 fully saturated rings. The minimum atomic E-state index is -3.73. The quantitative estimate of drug-likeness (QED) is 0.509. The van der Waals surface area contributed by atoms with Gasteiger partial charge >= 0.3 is 0 Å². The smallest absolute Gasteiger partial charge is 0.264 e. The largest absolute Gasteiger partial charge is 0.399 e. The van der Waals surface area contributed by atoms with Crippen LogP contribution < -0.4 is 10.5 Å². The highest BCUT2D eigenvalue weighted by Crippen LogP contribution is 2.26. The number of aromatic nitrogens is 2. The maximum atomic E-state index is 12.4. The number of nitrogens with zero attached hydrogens (tertiary/aromatic N) is 1. The summed E-state index contributed by atoms with van der Waals surface area (Å²) in [6.07, 6.45) is 2.85. The number of sulfonamides is 1. The molecule has 108 valence electrons. The molecule has 0 spiro atoms. The number of hydrogen-bond acceptors (Lipinski definition) is 4. The number of benzene rings is 1. The number of halogens is 1. The Morgan fingerprint density at radius 3 is 2.81 bits per heavy atom. The van der Waals surface area contributed by atoms with E-state index in [4.69, 9.17) is 17.3 Å². The molecule has 4 N–H and O–H groups in total. The fourth-order valence-electron chi connectivity index (χ4n) is 2.02. The van der Waals surface area contributed by atoms with E-state index in [1.54, 1.807) is 18.2 Å². The van der Waals surface area contributed by atoms with Gasteiger partial charge in [-0.05, 0) is 30.3 Å². The van der Waals surface area contributed by atoms with Crippen molar-refractivity contribution in [3.63, 3.8) is 0 Å². The van der Waals surface area contributed by atoms with E-state index >= 15 is 0 Å². The van der Waals surface area contributed by atoms with Crippen molar-refractivity contribution in [1.82, 2.24) is 9.97 Å². The maximum Gasteiger partial charge on any atom is 0.264 e. The van der Waals surface area contributed by atoms with E-state index in [0.717, 1.165) is 0 Å². The zero-order valence-corrected chi connectivity index (χ0v) is 12.2. The zero-order chi connectivity index (χ0) is 15.0. The van der Waals surface area contributed by atoms with Crippen LogP contribution in [0.5, 0.6) is 0 Å². The first kappa shape index (κ1) is 13.7. The van der Waals surface area contributed by atoms with Gasteiger partial charge in [0.05, 0.1) is 5.69 Å². The molecule has 0 aliphatic heterocycles. The molecule has 0 bridgehead atoms. The highest BCUT2D eigenvalue weighted by molar-refractivity contribution is 7.93. The van der Waals surface area contributed by atoms with Crippen molar-refractivity contribution in [2.45, 2.75) is 4.90 Å². The molecule has 0 aliphatic rings. The lowest BCUT2D eigenvalue weighted by Crippen LogP contribution is -2.12. The highest BCUT2D eigenvalue weighted by Gasteiger charge is 2.19. The summed E-state index contributed by atoms with van der Waals surface area (Å²) in [6.45, 7) is 0. The molecule has 21 heavy (non-hydrogen) atoms. The van der Waals surface area contributed by atoms with E-state index in [9.17, 15) is 8.42 Å². The average molecular weight is 323 g/mol. The molecule has 0 saturated heterocycles. The van der Waals surface area contributed by atoms with E-state index in [1.807, 2.05) is 0 Å². The lowest BCUT2D eigenvalue weighted by molar-refractivity contribution is 0.602. The van der Waals surface area contributed by atoms with Crippen LogP contribution in [-0.2, 0) is 10.0 Å². The van der Waals surface area contributed by atoms with Crippen molar-refractivity contribution in [2.75, 3.05) is 10.5 Å². The van der Waals surface area contributed by atoms with E-state index in [2.05, 4.69) is 14.7 Å². The SMILES string of the molecule is Nc1ccc2c(S(=O)(=O)Nc3ccnc(Cl)c3)c[nH]c2c1. The van der Waals surface area contributed by atoms with Gasteiger partial charge in [-0.3, -0.25) is 4.72 Å². The van der Waals surface area contributed by atoms with Crippen molar-refractivity contribution in [2.24, 2.45) is 0 Å². The topological polar surface area (TPSA) is 101 Å². The summed E-state index contributed by atoms with van der Waals surface area (Å²) in [5, 5.41) is 0.777. The molecule has 3 aromatic rings. The fraction of sp³-hybridized carbons (Fsp3) is 0. The first-order valence-corrected chi connectivity index (χ1v) is 7.83. The Bertz CT molecular complexity index is 921. The second-order valence-electron chi connectivity index (χ2n) is 4.43. The summed E-state index contributed by atoms with van der Waals surface area (Å²) in [7, 11) is -3.73. The van der Waals surface area contributed by atoms with Gasteiger partial charge in [0, 0.05) is 29.0 Å². The van der Waals surface area contributed by atoms with Crippen molar-refractivity contribution in [3.8, 4) is 0 Å². The summed E-state index contributed by atoms with van der Waals surface area (Å²) in [6, 6.07) is 7.95. The van der Waals surface area contributed by atoms with E-state index in [1.165, 1.54) is 24.5 Å². The van der Waals surface area contributed by atoms with Crippen LogP contribution in [0.1, 0.15) is 0 Å². The molecule has 2 heterocycles. The molecule has 0 aliphatic carbocycles. The Labute approximate surface area is 126 Å². The molecule has 0 radical (unpaired) electrons. The minimum absolute atomic E-state index is 0.144. The summed E-state index contributed by atoms with van der Waals surface area (Å²) in [4.78, 5) is 6.84. The highest BCUT2D eigenvalue weighted by atomic mass is 35.5. The van der Waals surface area contributed by atoms with Gasteiger partial charge in [-0.2, -0.15) is 0 Å². The Kier molecular flexibility index (Phi) is 3.23. The Morgan fingerprint density at radius 2 is 2.05 bits per heavy atom. The second kappa shape index (κ2) is 4.94. The third-order valence-corrected chi connectivity index (χ3v) is 4.56. The van der Waals surface area contributed by atoms with Gasteiger partial charge in [-0.15, -0.1) is 0 Å². The number of rotatable bonds is 3. The molecular formula is C13H11ClN4O2S. The van der Waals surface area contributed by atoms with Crippen LogP contribution in [0.3, 0.4) is 0 Å². The summed E-state index contributed by atoms with van der Waals surface area (Å²) in [5.74, 6) is 0. The van der Waals surface area contributed by atoms with Crippen LogP contribution in [0.25, 0.3) is 10.9 Å². The van der Waals surface area contributed by atoms with Crippen LogP contribution in [0.2, 0.25) is 5.15 Å². The predicted octanol–water partition coefficient (Wildman–Crippen LogP) is 2.60. The van der Waals surface area contributed by atoms with Crippen LogP contribution in [0.15, 0.2) is 47.6 Å². The monoisotopic (exact) mass is 322 g/mol. The first-order chi connectivity index (χ1) is 9.95. The maximum absolute atomic E-state index is 12.4. The van der Waals surface area contributed by atoms with E-state index in [0.29, 0.717) is 22.3 Å². The second-order valence-corrected chi connectivity index (χ2v) is 6.47. The van der Waals surface area contributed by atoms with Crippen molar-refractivity contribution in [3.05, 3.63) is 47.9 Å². The van der Waals surface area contributed by atoms with Gasteiger partial charge in [-0.25, -0.2) is 13.4 Å². The summed E-state index contributed by atoms with van der Waals surface area (Å²) < 4.78 is 27.4. The van der Waals surface area contributed by atoms with Crippen molar-refractivity contribution >= 4 is 43.9 Å². The van der Waals surface area contributed by atoms with Crippen molar-refractivity contribution < 1.29 is 8.42 Å². The standard InChI is InChI=1S/C13H11ClN4O2S/c14-13-6-9(3-4-16-13)18-21(19,20)12-7-17-11-5-8(15)1-2-10(11)12/h1-7,17H,15H2,(H,16,18). The third-order valence-electron chi connectivity index (χ3n) is 2.94. The number of aromatic amines is 1. The molecule has 0 atom stereocenters. The lowest BCUT2D eigenvalue weighted by Gasteiger charge is -2.07. The lowest BCUT2D eigenvalue weighted by atomic mass is 10.2. The zero-order valence-electron chi connectivity index (χ0n) is 10.7. The van der Waals surface area contributed by atoms with Crippen LogP contribution in [-0.4, -0.2) is 18.4 Å². The number of H-pyrrole nitrogens is 1. The number of fused-ring (bicyclic) bond motifs is 1. The van der Waals surface area contributed by atoms with Crippen LogP contribution >= 0.6 is 11.6 Å². The van der Waals surface area contributed by atoms with Gasteiger partial charge < -0.3 is 10.7 Å². The molecule has 8 heteroatoms. The number of anilines is 2. The normalized spacial score (nSPS) is 11.7. The predicted molar refractivity (Wildman–Crippen MR) is 82.8 cm³/mol. The van der Waals surface area contributed by atoms with Crippen LogP contribution in [0.4, 0.5) is 11.4 Å². The Hall–Kier alpha value is -2.25. The van der Waals surface area contributed by atoms with Crippen LogP contribution in [0, 0.1) is 0 Å². The third kappa shape index (κ3) is 2.65. The van der Waals surface area contributed by atoms with Crippen molar-refractivity contribution in [1.29, 1.82) is 0 Å². The number of hydrogen-bond donors (Lipinski definition) is 3. The molecule has 0 unspecified atom stereocenters. The summed E-state index contributed by atoms with van der Waals surface area (Å²) in [5.41, 5.74) is 7.24. The molecule has 2 aromatic heterocycles. The number of nitrogens with one attached hydrogen (secondary N) is 2. The Balaban J connectivity index is 2.04.